The Morgan fingerprint density at radius 2 is 0.880 bits per heavy atom. The summed E-state index contributed by atoms with van der Waals surface area (Å²) in [6.45, 7) is 4.71. The van der Waals surface area contributed by atoms with Crippen LogP contribution in [0.5, 0.6) is 0 Å². The third-order valence-electron chi connectivity index (χ3n) is 10.5. The van der Waals surface area contributed by atoms with Crippen molar-refractivity contribution in [3.63, 3.8) is 0 Å². The van der Waals surface area contributed by atoms with Gasteiger partial charge in [-0.15, -0.1) is 0 Å². The summed E-state index contributed by atoms with van der Waals surface area (Å²) in [6.07, 6.45) is 0. The predicted molar refractivity (Wildman–Crippen MR) is 213 cm³/mol. The molecule has 0 bridgehead atoms. The van der Waals surface area contributed by atoms with Crippen molar-refractivity contribution in [3.8, 4) is 44.5 Å². The molecule has 1 aliphatic carbocycles. The maximum absolute atomic E-state index is 2.45. The van der Waals surface area contributed by atoms with E-state index in [0.717, 1.165) is 17.1 Å². The van der Waals surface area contributed by atoms with Crippen molar-refractivity contribution >= 4 is 27.8 Å². The Hall–Kier alpha value is -6.18. The summed E-state index contributed by atoms with van der Waals surface area (Å²) in [6, 6.07) is 68.5. The molecule has 9 rings (SSSR count). The van der Waals surface area contributed by atoms with Gasteiger partial charge in [0.1, 0.15) is 0 Å². The molecule has 1 heteroatoms. The van der Waals surface area contributed by atoms with Crippen molar-refractivity contribution < 1.29 is 0 Å². The molecule has 238 valence electrons. The molecule has 50 heavy (non-hydrogen) atoms. The van der Waals surface area contributed by atoms with Gasteiger partial charge in [0.15, 0.2) is 0 Å². The summed E-state index contributed by atoms with van der Waals surface area (Å²) >= 11 is 0. The zero-order valence-corrected chi connectivity index (χ0v) is 28.3. The third kappa shape index (κ3) is 4.85. The Balaban J connectivity index is 1.28. The third-order valence-corrected chi connectivity index (χ3v) is 10.5. The number of benzene rings is 8. The van der Waals surface area contributed by atoms with Crippen LogP contribution in [0.2, 0.25) is 0 Å². The van der Waals surface area contributed by atoms with Gasteiger partial charge in [-0.1, -0.05) is 166 Å². The molecule has 0 aromatic heterocycles. The van der Waals surface area contributed by atoms with Gasteiger partial charge in [-0.05, 0) is 91.9 Å². The van der Waals surface area contributed by atoms with Crippen LogP contribution in [0.4, 0.5) is 17.1 Å². The summed E-state index contributed by atoms with van der Waals surface area (Å²) in [5, 5.41) is 2.48. The average Bonchev–Trinajstić information content (AvgIpc) is 3.40. The van der Waals surface area contributed by atoms with E-state index in [1.165, 1.54) is 66.4 Å². The first-order valence-electron chi connectivity index (χ1n) is 17.5. The number of hydrogen-bond acceptors (Lipinski definition) is 1. The summed E-state index contributed by atoms with van der Waals surface area (Å²) < 4.78 is 0. The van der Waals surface area contributed by atoms with E-state index in [1.807, 2.05) is 0 Å². The lowest BCUT2D eigenvalue weighted by atomic mass is 9.82. The SMILES string of the molecule is CC1(C)c2ccccc2-c2cc3c(N(c4ccccc4)c4ccccc4-c4ccccc4-c4ccccc4-c4ccccc4)cccc3cc21. The standard InChI is InChI=1S/C49H37N/c1-49(2)45-29-15-13-27-41(45)44-33-43-35(32-46(44)49)20-17-31-48(43)50(36-21-7-4-8-22-36)47-30-16-14-28-42(47)40-26-12-11-25-39(40)38-24-10-9-23-37(38)34-18-5-3-6-19-34/h3-33H,1-2H3. The Morgan fingerprint density at radius 1 is 0.360 bits per heavy atom. The van der Waals surface area contributed by atoms with E-state index in [4.69, 9.17) is 0 Å². The highest BCUT2D eigenvalue weighted by Crippen LogP contribution is 2.52. The molecule has 0 spiro atoms. The van der Waals surface area contributed by atoms with Crippen molar-refractivity contribution in [1.82, 2.24) is 0 Å². The molecule has 0 N–H and O–H groups in total. The minimum Gasteiger partial charge on any atom is -0.309 e. The number of hydrogen-bond donors (Lipinski definition) is 0. The van der Waals surface area contributed by atoms with Crippen molar-refractivity contribution in [2.24, 2.45) is 0 Å². The largest absolute Gasteiger partial charge is 0.309 e. The van der Waals surface area contributed by atoms with Gasteiger partial charge >= 0.3 is 0 Å². The molecule has 1 aliphatic rings. The molecule has 0 amide bonds. The van der Waals surface area contributed by atoms with Crippen molar-refractivity contribution in [3.05, 3.63) is 199 Å². The molecular formula is C49H37N. The van der Waals surface area contributed by atoms with E-state index in [0.29, 0.717) is 0 Å². The molecule has 0 unspecified atom stereocenters. The summed E-state index contributed by atoms with van der Waals surface area (Å²) in [5.41, 5.74) is 16.1. The molecule has 0 radical (unpaired) electrons. The van der Waals surface area contributed by atoms with Gasteiger partial charge in [0.25, 0.3) is 0 Å². The van der Waals surface area contributed by atoms with E-state index in [9.17, 15) is 0 Å². The summed E-state index contributed by atoms with van der Waals surface area (Å²) in [7, 11) is 0. The highest BCUT2D eigenvalue weighted by atomic mass is 15.1. The van der Waals surface area contributed by atoms with Gasteiger partial charge in [0, 0.05) is 22.1 Å². The molecule has 0 atom stereocenters. The summed E-state index contributed by atoms with van der Waals surface area (Å²) in [5.74, 6) is 0. The lowest BCUT2D eigenvalue weighted by Gasteiger charge is -2.30. The number of anilines is 3. The fraction of sp³-hybridized carbons (Fsp3) is 0.0612. The first-order valence-corrected chi connectivity index (χ1v) is 17.5. The lowest BCUT2D eigenvalue weighted by molar-refractivity contribution is 0.661. The highest BCUT2D eigenvalue weighted by molar-refractivity contribution is 6.05. The van der Waals surface area contributed by atoms with Crippen LogP contribution in [0.25, 0.3) is 55.3 Å². The average molecular weight is 640 g/mol. The van der Waals surface area contributed by atoms with Gasteiger partial charge in [0.2, 0.25) is 0 Å². The second-order valence-electron chi connectivity index (χ2n) is 13.7. The fourth-order valence-electron chi connectivity index (χ4n) is 8.07. The second kappa shape index (κ2) is 12.1. The molecule has 0 heterocycles. The Labute approximate surface area is 294 Å². The van der Waals surface area contributed by atoms with Crippen LogP contribution in [-0.2, 0) is 5.41 Å². The number of para-hydroxylation sites is 2. The van der Waals surface area contributed by atoms with Crippen LogP contribution >= 0.6 is 0 Å². The fourth-order valence-corrected chi connectivity index (χ4v) is 8.07. The van der Waals surface area contributed by atoms with E-state index in [2.05, 4.69) is 207 Å². The van der Waals surface area contributed by atoms with E-state index >= 15 is 0 Å². The van der Waals surface area contributed by atoms with Crippen LogP contribution in [0.1, 0.15) is 25.0 Å². The van der Waals surface area contributed by atoms with Crippen LogP contribution in [0.15, 0.2) is 188 Å². The molecule has 8 aromatic rings. The maximum atomic E-state index is 2.45. The minimum atomic E-state index is -0.0540. The van der Waals surface area contributed by atoms with Gasteiger partial charge in [-0.2, -0.15) is 0 Å². The van der Waals surface area contributed by atoms with Crippen molar-refractivity contribution in [1.29, 1.82) is 0 Å². The Kier molecular flexibility index (Phi) is 7.21. The lowest BCUT2D eigenvalue weighted by Crippen LogP contribution is -2.15. The minimum absolute atomic E-state index is 0.0540. The van der Waals surface area contributed by atoms with Crippen molar-refractivity contribution in [2.75, 3.05) is 4.90 Å². The van der Waals surface area contributed by atoms with E-state index in [1.54, 1.807) is 0 Å². The molecular weight excluding hydrogens is 603 g/mol. The van der Waals surface area contributed by atoms with Gasteiger partial charge in [-0.3, -0.25) is 0 Å². The maximum Gasteiger partial charge on any atom is 0.0540 e. The Bertz CT molecular complexity index is 2510. The molecule has 0 fully saturated rings. The van der Waals surface area contributed by atoms with Crippen LogP contribution in [-0.4, -0.2) is 0 Å². The van der Waals surface area contributed by atoms with E-state index in [-0.39, 0.29) is 5.41 Å². The normalized spacial score (nSPS) is 12.8. The number of nitrogens with zero attached hydrogens (tertiary/aromatic N) is 1. The van der Waals surface area contributed by atoms with Crippen LogP contribution < -0.4 is 4.90 Å². The topological polar surface area (TPSA) is 3.24 Å². The first-order chi connectivity index (χ1) is 24.6. The quantitative estimate of drug-likeness (QED) is 0.175. The smallest absolute Gasteiger partial charge is 0.0540 e. The Morgan fingerprint density at radius 3 is 1.60 bits per heavy atom. The molecule has 8 aromatic carbocycles. The second-order valence-corrected chi connectivity index (χ2v) is 13.7. The first kappa shape index (κ1) is 29.9. The van der Waals surface area contributed by atoms with Crippen LogP contribution in [0, 0.1) is 0 Å². The van der Waals surface area contributed by atoms with Crippen molar-refractivity contribution in [2.45, 2.75) is 19.3 Å². The molecule has 1 nitrogen and oxygen atoms in total. The van der Waals surface area contributed by atoms with E-state index < -0.39 is 0 Å². The highest BCUT2D eigenvalue weighted by Gasteiger charge is 2.35. The predicted octanol–water partition coefficient (Wildman–Crippen LogP) is 13.6. The summed E-state index contributed by atoms with van der Waals surface area (Å²) in [4.78, 5) is 2.45. The number of rotatable bonds is 6. The van der Waals surface area contributed by atoms with Gasteiger partial charge < -0.3 is 4.90 Å². The van der Waals surface area contributed by atoms with Crippen LogP contribution in [0.3, 0.4) is 0 Å². The monoisotopic (exact) mass is 639 g/mol. The molecule has 0 saturated heterocycles. The zero-order chi connectivity index (χ0) is 33.7. The zero-order valence-electron chi connectivity index (χ0n) is 28.3. The molecule has 0 aliphatic heterocycles. The van der Waals surface area contributed by atoms with Gasteiger partial charge in [0.05, 0.1) is 11.4 Å². The molecule has 0 saturated carbocycles. The number of fused-ring (bicyclic) bond motifs is 4. The van der Waals surface area contributed by atoms with Gasteiger partial charge in [-0.25, -0.2) is 0 Å².